The van der Waals surface area contributed by atoms with Gasteiger partial charge in [-0.3, -0.25) is 0 Å². The van der Waals surface area contributed by atoms with Crippen molar-refractivity contribution in [1.29, 1.82) is 0 Å². The van der Waals surface area contributed by atoms with Crippen LogP contribution in [0.1, 0.15) is 63.0 Å². The van der Waals surface area contributed by atoms with Crippen LogP contribution in [0.4, 0.5) is 0 Å². The first kappa shape index (κ1) is 22.6. The summed E-state index contributed by atoms with van der Waals surface area (Å²) >= 11 is 0. The molecule has 0 radical (unpaired) electrons. The molecule has 29 heavy (non-hydrogen) atoms. The first-order chi connectivity index (χ1) is 13.4. The zero-order valence-corrected chi connectivity index (χ0v) is 18.9. The minimum atomic E-state index is -0.498. The van der Waals surface area contributed by atoms with Gasteiger partial charge in [0.2, 0.25) is 0 Å². The van der Waals surface area contributed by atoms with Crippen molar-refractivity contribution >= 4 is 5.97 Å². The van der Waals surface area contributed by atoms with E-state index in [9.17, 15) is 4.79 Å². The van der Waals surface area contributed by atoms with Crippen molar-refractivity contribution in [2.24, 2.45) is 0 Å². The van der Waals surface area contributed by atoms with E-state index < -0.39 is 5.97 Å². The SMILES string of the molecule is COc1ccc(OC)c(C(=O)Oc2c(C(C)(C)C)cc(OC)cc2C(C)(C)C)c1. The molecule has 0 fully saturated rings. The highest BCUT2D eigenvalue weighted by Gasteiger charge is 2.30. The topological polar surface area (TPSA) is 54.0 Å². The maximum atomic E-state index is 13.2. The maximum absolute atomic E-state index is 13.2. The molecule has 5 nitrogen and oxygen atoms in total. The molecule has 0 unspecified atom stereocenters. The first-order valence-corrected chi connectivity index (χ1v) is 9.59. The van der Waals surface area contributed by atoms with E-state index in [0.717, 1.165) is 16.9 Å². The van der Waals surface area contributed by atoms with E-state index in [1.165, 1.54) is 7.11 Å². The van der Waals surface area contributed by atoms with Crippen molar-refractivity contribution in [3.63, 3.8) is 0 Å². The molecule has 2 rings (SSSR count). The summed E-state index contributed by atoms with van der Waals surface area (Å²) in [4.78, 5) is 13.2. The molecule has 2 aromatic carbocycles. The fourth-order valence-corrected chi connectivity index (χ4v) is 3.07. The molecule has 5 heteroatoms. The fourth-order valence-electron chi connectivity index (χ4n) is 3.07. The van der Waals surface area contributed by atoms with E-state index in [1.54, 1.807) is 32.4 Å². The number of hydrogen-bond acceptors (Lipinski definition) is 5. The van der Waals surface area contributed by atoms with Crippen LogP contribution in [0.2, 0.25) is 0 Å². The molecule has 0 aromatic heterocycles. The van der Waals surface area contributed by atoms with Crippen molar-refractivity contribution in [1.82, 2.24) is 0 Å². The molecule has 0 heterocycles. The van der Waals surface area contributed by atoms with Gasteiger partial charge in [0.1, 0.15) is 28.6 Å². The number of carbonyl (C=O) groups excluding carboxylic acids is 1. The lowest BCUT2D eigenvalue weighted by Crippen LogP contribution is -2.22. The Kier molecular flexibility index (Phi) is 6.51. The molecule has 0 atom stereocenters. The number of hydrogen-bond donors (Lipinski definition) is 0. The monoisotopic (exact) mass is 400 g/mol. The van der Waals surface area contributed by atoms with Gasteiger partial charge in [0.25, 0.3) is 0 Å². The van der Waals surface area contributed by atoms with Crippen molar-refractivity contribution < 1.29 is 23.7 Å². The number of benzene rings is 2. The second-order valence-corrected chi connectivity index (χ2v) is 9.01. The highest BCUT2D eigenvalue weighted by Crippen LogP contribution is 2.43. The molecule has 0 bridgehead atoms. The van der Waals surface area contributed by atoms with E-state index in [0.29, 0.717) is 22.8 Å². The van der Waals surface area contributed by atoms with Crippen LogP contribution >= 0.6 is 0 Å². The average molecular weight is 401 g/mol. The third kappa shape index (κ3) is 5.03. The summed E-state index contributed by atoms with van der Waals surface area (Å²) in [5.41, 5.74) is 1.59. The molecule has 0 saturated carbocycles. The molecular formula is C24H32O5. The summed E-state index contributed by atoms with van der Waals surface area (Å²) in [6.07, 6.45) is 0. The standard InChI is InChI=1S/C24H32O5/c1-23(2,3)18-13-16(27-8)14-19(24(4,5)6)21(18)29-22(25)17-12-15(26-7)10-11-20(17)28-9/h10-14H,1-9H3. The second kappa shape index (κ2) is 8.36. The van der Waals surface area contributed by atoms with E-state index >= 15 is 0 Å². The van der Waals surface area contributed by atoms with Crippen LogP contribution in [-0.4, -0.2) is 27.3 Å². The Balaban J connectivity index is 2.67. The van der Waals surface area contributed by atoms with Gasteiger partial charge < -0.3 is 18.9 Å². The molecule has 2 aromatic rings. The summed E-state index contributed by atoms with van der Waals surface area (Å²) in [6.45, 7) is 12.5. The van der Waals surface area contributed by atoms with Crippen molar-refractivity contribution in [3.8, 4) is 23.0 Å². The average Bonchev–Trinajstić information content (AvgIpc) is 2.65. The molecule has 0 N–H and O–H groups in total. The van der Waals surface area contributed by atoms with E-state index in [-0.39, 0.29) is 10.8 Å². The lowest BCUT2D eigenvalue weighted by Gasteiger charge is -2.30. The number of carbonyl (C=O) groups is 1. The molecule has 158 valence electrons. The van der Waals surface area contributed by atoms with Crippen LogP contribution in [-0.2, 0) is 10.8 Å². The molecule has 0 aliphatic carbocycles. The van der Waals surface area contributed by atoms with Gasteiger partial charge in [-0.2, -0.15) is 0 Å². The molecule has 0 aliphatic rings. The van der Waals surface area contributed by atoms with Gasteiger partial charge in [-0.1, -0.05) is 41.5 Å². The predicted octanol–water partition coefficient (Wildman–Crippen LogP) is 5.53. The molecule has 0 amide bonds. The summed E-state index contributed by atoms with van der Waals surface area (Å²) in [7, 11) is 4.71. The third-order valence-electron chi connectivity index (χ3n) is 4.74. The Morgan fingerprint density at radius 2 is 1.24 bits per heavy atom. The van der Waals surface area contributed by atoms with Gasteiger partial charge in [0, 0.05) is 11.1 Å². The second-order valence-electron chi connectivity index (χ2n) is 9.01. The summed E-state index contributed by atoms with van der Waals surface area (Å²) in [5.74, 6) is 1.78. The zero-order chi connectivity index (χ0) is 22.0. The van der Waals surface area contributed by atoms with Gasteiger partial charge >= 0.3 is 5.97 Å². The van der Waals surface area contributed by atoms with Crippen LogP contribution in [0, 0.1) is 0 Å². The van der Waals surface area contributed by atoms with Gasteiger partial charge in [0.05, 0.1) is 21.3 Å². The maximum Gasteiger partial charge on any atom is 0.347 e. The van der Waals surface area contributed by atoms with Gasteiger partial charge in [-0.05, 0) is 41.2 Å². The molecule has 0 saturated heterocycles. The summed E-state index contributed by atoms with van der Waals surface area (Å²) < 4.78 is 22.2. The predicted molar refractivity (Wildman–Crippen MR) is 115 cm³/mol. The van der Waals surface area contributed by atoms with Crippen LogP contribution in [0.3, 0.4) is 0 Å². The number of ether oxygens (including phenoxy) is 4. The number of methoxy groups -OCH3 is 3. The Hall–Kier alpha value is -2.69. The smallest absolute Gasteiger partial charge is 0.347 e. The van der Waals surface area contributed by atoms with E-state index in [1.807, 2.05) is 12.1 Å². The lowest BCUT2D eigenvalue weighted by atomic mass is 9.79. The van der Waals surface area contributed by atoms with Gasteiger partial charge in [-0.25, -0.2) is 4.79 Å². The highest BCUT2D eigenvalue weighted by atomic mass is 16.5. The van der Waals surface area contributed by atoms with Gasteiger partial charge in [-0.15, -0.1) is 0 Å². The van der Waals surface area contributed by atoms with E-state index in [4.69, 9.17) is 18.9 Å². The Bertz CT molecular complexity index is 850. The third-order valence-corrected chi connectivity index (χ3v) is 4.74. The van der Waals surface area contributed by atoms with Crippen molar-refractivity contribution in [3.05, 3.63) is 47.0 Å². The molecule has 0 aliphatic heterocycles. The highest BCUT2D eigenvalue weighted by molar-refractivity contribution is 5.95. The summed E-state index contributed by atoms with van der Waals surface area (Å²) in [5, 5.41) is 0. The normalized spacial score (nSPS) is 11.8. The zero-order valence-electron chi connectivity index (χ0n) is 18.9. The summed E-state index contributed by atoms with van der Waals surface area (Å²) in [6, 6.07) is 8.92. The Morgan fingerprint density at radius 1 is 0.724 bits per heavy atom. The Morgan fingerprint density at radius 3 is 1.66 bits per heavy atom. The molecular weight excluding hydrogens is 368 g/mol. The van der Waals surface area contributed by atoms with Crippen molar-refractivity contribution in [2.45, 2.75) is 52.4 Å². The van der Waals surface area contributed by atoms with Gasteiger partial charge in [0.15, 0.2) is 0 Å². The van der Waals surface area contributed by atoms with Crippen LogP contribution in [0.5, 0.6) is 23.0 Å². The van der Waals surface area contributed by atoms with E-state index in [2.05, 4.69) is 41.5 Å². The van der Waals surface area contributed by atoms with Crippen LogP contribution < -0.4 is 18.9 Å². The number of esters is 1. The first-order valence-electron chi connectivity index (χ1n) is 9.59. The Labute approximate surface area is 173 Å². The number of rotatable bonds is 5. The quantitative estimate of drug-likeness (QED) is 0.488. The fraction of sp³-hybridized carbons (Fsp3) is 0.458. The van der Waals surface area contributed by atoms with Crippen LogP contribution in [0.15, 0.2) is 30.3 Å². The molecule has 0 spiro atoms. The lowest BCUT2D eigenvalue weighted by molar-refractivity contribution is 0.0724. The minimum Gasteiger partial charge on any atom is -0.497 e. The van der Waals surface area contributed by atoms with Crippen LogP contribution in [0.25, 0.3) is 0 Å². The largest absolute Gasteiger partial charge is 0.497 e. The van der Waals surface area contributed by atoms with Crippen molar-refractivity contribution in [2.75, 3.05) is 21.3 Å². The minimum absolute atomic E-state index is 0.261.